The smallest absolute Gasteiger partial charge is 0.0947 e. The predicted octanol–water partition coefficient (Wildman–Crippen LogP) is 1.93. The highest BCUT2D eigenvalue weighted by atomic mass is 14.5. The van der Waals surface area contributed by atoms with Crippen LogP contribution < -0.4 is 0 Å². The van der Waals surface area contributed by atoms with Gasteiger partial charge >= 0.3 is 0 Å². The molecule has 2 heteroatoms. The molecule has 1 fully saturated rings. The summed E-state index contributed by atoms with van der Waals surface area (Å²) in [6, 6.07) is 4.40. The number of nitrogens with zero attached hydrogens (tertiary/aromatic N) is 2. The second-order valence-corrected chi connectivity index (χ2v) is 3.23. The molecule has 2 atom stereocenters. The SMILES string of the molecule is N#CC1=CCC=C(C#N)[C@@H]2C[C@H]12. The summed E-state index contributed by atoms with van der Waals surface area (Å²) in [7, 11) is 0. The molecule has 2 nitrogen and oxygen atoms in total. The van der Waals surface area contributed by atoms with Gasteiger partial charge in [0.2, 0.25) is 0 Å². The van der Waals surface area contributed by atoms with Crippen molar-refractivity contribution in [1.29, 1.82) is 10.5 Å². The van der Waals surface area contributed by atoms with Crippen molar-refractivity contribution in [2.75, 3.05) is 0 Å². The Labute approximate surface area is 71.4 Å². The van der Waals surface area contributed by atoms with Gasteiger partial charge in [-0.25, -0.2) is 0 Å². The van der Waals surface area contributed by atoms with Crippen LogP contribution >= 0.6 is 0 Å². The van der Waals surface area contributed by atoms with Gasteiger partial charge in [-0.1, -0.05) is 12.2 Å². The molecule has 0 saturated heterocycles. The van der Waals surface area contributed by atoms with E-state index in [1.165, 1.54) is 0 Å². The summed E-state index contributed by atoms with van der Waals surface area (Å²) in [5, 5.41) is 17.5. The number of allylic oxidation sites excluding steroid dienone is 4. The predicted molar refractivity (Wildman–Crippen MR) is 43.6 cm³/mol. The lowest BCUT2D eigenvalue weighted by Crippen LogP contribution is -1.86. The largest absolute Gasteiger partial charge is 0.193 e. The van der Waals surface area contributed by atoms with Gasteiger partial charge in [-0.15, -0.1) is 0 Å². The minimum Gasteiger partial charge on any atom is -0.193 e. The average Bonchev–Trinajstić information content (AvgIpc) is 2.82. The number of rotatable bonds is 0. The Morgan fingerprint density at radius 2 is 1.58 bits per heavy atom. The maximum Gasteiger partial charge on any atom is 0.0947 e. The zero-order valence-electron chi connectivity index (χ0n) is 6.62. The van der Waals surface area contributed by atoms with Crippen molar-refractivity contribution in [1.82, 2.24) is 0 Å². The molecule has 1 saturated carbocycles. The first kappa shape index (κ1) is 7.13. The Bertz CT molecular complexity index is 315. The summed E-state index contributed by atoms with van der Waals surface area (Å²) in [6.07, 6.45) is 5.63. The molecule has 0 N–H and O–H groups in total. The summed E-state index contributed by atoms with van der Waals surface area (Å²) >= 11 is 0. The van der Waals surface area contributed by atoms with E-state index in [1.807, 2.05) is 12.2 Å². The molecule has 58 valence electrons. The van der Waals surface area contributed by atoms with Gasteiger partial charge in [0.1, 0.15) is 0 Å². The lowest BCUT2D eigenvalue weighted by atomic mass is 10.1. The third-order valence-corrected chi connectivity index (χ3v) is 2.52. The molecule has 2 aliphatic rings. The molecule has 0 unspecified atom stereocenters. The van der Waals surface area contributed by atoms with Crippen LogP contribution in [0.2, 0.25) is 0 Å². The maximum atomic E-state index is 8.75. The van der Waals surface area contributed by atoms with Gasteiger partial charge in [-0.2, -0.15) is 10.5 Å². The summed E-state index contributed by atoms with van der Waals surface area (Å²) in [4.78, 5) is 0. The normalized spacial score (nSPS) is 31.5. The van der Waals surface area contributed by atoms with Crippen molar-refractivity contribution >= 4 is 0 Å². The zero-order valence-corrected chi connectivity index (χ0v) is 6.62. The van der Waals surface area contributed by atoms with Gasteiger partial charge in [0.25, 0.3) is 0 Å². The van der Waals surface area contributed by atoms with Crippen LogP contribution in [0.4, 0.5) is 0 Å². The molecule has 0 heterocycles. The topological polar surface area (TPSA) is 47.6 Å². The van der Waals surface area contributed by atoms with E-state index >= 15 is 0 Å². The molecule has 0 amide bonds. The van der Waals surface area contributed by atoms with E-state index in [4.69, 9.17) is 10.5 Å². The molecule has 12 heavy (non-hydrogen) atoms. The van der Waals surface area contributed by atoms with E-state index < -0.39 is 0 Å². The van der Waals surface area contributed by atoms with Crippen LogP contribution in [0, 0.1) is 34.5 Å². The second kappa shape index (κ2) is 2.50. The van der Waals surface area contributed by atoms with Crippen molar-refractivity contribution in [2.45, 2.75) is 12.8 Å². The molecule has 2 rings (SSSR count). The lowest BCUT2D eigenvalue weighted by Gasteiger charge is -1.90. The van der Waals surface area contributed by atoms with Crippen LogP contribution in [0.5, 0.6) is 0 Å². The fourth-order valence-corrected chi connectivity index (χ4v) is 1.76. The first-order valence-electron chi connectivity index (χ1n) is 4.07. The summed E-state index contributed by atoms with van der Waals surface area (Å²) in [5.74, 6) is 0.729. The van der Waals surface area contributed by atoms with Gasteiger partial charge in [0, 0.05) is 23.0 Å². The Balaban J connectivity index is 2.26. The lowest BCUT2D eigenvalue weighted by molar-refractivity contribution is 0.932. The van der Waals surface area contributed by atoms with Gasteiger partial charge < -0.3 is 0 Å². The van der Waals surface area contributed by atoms with E-state index in [-0.39, 0.29) is 0 Å². The highest BCUT2D eigenvalue weighted by Crippen LogP contribution is 2.49. The van der Waals surface area contributed by atoms with E-state index in [2.05, 4.69) is 12.1 Å². The Morgan fingerprint density at radius 3 is 2.00 bits per heavy atom. The fourth-order valence-electron chi connectivity index (χ4n) is 1.76. The van der Waals surface area contributed by atoms with Crippen molar-refractivity contribution < 1.29 is 0 Å². The third kappa shape index (κ3) is 0.933. The number of hydrogen-bond acceptors (Lipinski definition) is 2. The van der Waals surface area contributed by atoms with E-state index in [0.29, 0.717) is 11.8 Å². The average molecular weight is 156 g/mol. The van der Waals surface area contributed by atoms with Gasteiger partial charge in [-0.05, 0) is 12.8 Å². The van der Waals surface area contributed by atoms with Gasteiger partial charge in [-0.3, -0.25) is 0 Å². The summed E-state index contributed by atoms with van der Waals surface area (Å²) in [6.45, 7) is 0. The molecule has 2 aliphatic carbocycles. The monoisotopic (exact) mass is 156 g/mol. The standard InChI is InChI=1S/C10H8N2/c11-5-7-2-1-3-8(6-12)10-4-9(7)10/h2-3,9-10H,1,4H2/t9-,10+. The summed E-state index contributed by atoms with van der Waals surface area (Å²) < 4.78 is 0. The number of hydrogen-bond donors (Lipinski definition) is 0. The molecule has 0 aromatic rings. The Morgan fingerprint density at radius 1 is 1.08 bits per heavy atom. The first-order valence-corrected chi connectivity index (χ1v) is 4.07. The molecular weight excluding hydrogens is 148 g/mol. The summed E-state index contributed by atoms with van der Waals surface area (Å²) in [5.41, 5.74) is 1.75. The minimum absolute atomic E-state index is 0.364. The van der Waals surface area contributed by atoms with Crippen LogP contribution in [0.1, 0.15) is 12.8 Å². The van der Waals surface area contributed by atoms with Gasteiger partial charge in [0.15, 0.2) is 0 Å². The molecule has 0 aromatic carbocycles. The van der Waals surface area contributed by atoms with E-state index in [1.54, 1.807) is 0 Å². The third-order valence-electron chi connectivity index (χ3n) is 2.52. The van der Waals surface area contributed by atoms with Crippen molar-refractivity contribution in [3.63, 3.8) is 0 Å². The van der Waals surface area contributed by atoms with Gasteiger partial charge in [0.05, 0.1) is 12.1 Å². The van der Waals surface area contributed by atoms with Crippen LogP contribution in [0.25, 0.3) is 0 Å². The maximum absolute atomic E-state index is 8.75. The molecule has 0 aliphatic heterocycles. The Kier molecular flexibility index (Phi) is 1.48. The van der Waals surface area contributed by atoms with E-state index in [0.717, 1.165) is 24.0 Å². The highest BCUT2D eigenvalue weighted by molar-refractivity contribution is 5.41. The highest BCUT2D eigenvalue weighted by Gasteiger charge is 2.43. The first-order chi connectivity index (χ1) is 5.86. The van der Waals surface area contributed by atoms with Crippen LogP contribution in [-0.4, -0.2) is 0 Å². The van der Waals surface area contributed by atoms with Crippen molar-refractivity contribution in [2.24, 2.45) is 11.8 Å². The van der Waals surface area contributed by atoms with Crippen LogP contribution in [0.15, 0.2) is 23.3 Å². The molecular formula is C10H8N2. The fraction of sp³-hybridized carbons (Fsp3) is 0.400. The van der Waals surface area contributed by atoms with Crippen LogP contribution in [-0.2, 0) is 0 Å². The zero-order chi connectivity index (χ0) is 8.55. The number of nitriles is 2. The molecule has 0 spiro atoms. The van der Waals surface area contributed by atoms with Crippen molar-refractivity contribution in [3.05, 3.63) is 23.3 Å². The van der Waals surface area contributed by atoms with E-state index in [9.17, 15) is 0 Å². The minimum atomic E-state index is 0.364. The molecule has 0 aromatic heterocycles. The quantitative estimate of drug-likeness (QED) is 0.538. The molecule has 0 bridgehead atoms. The molecule has 0 radical (unpaired) electrons. The van der Waals surface area contributed by atoms with Crippen molar-refractivity contribution in [3.8, 4) is 12.1 Å². The van der Waals surface area contributed by atoms with Crippen LogP contribution in [0.3, 0.4) is 0 Å². The number of fused-ring (bicyclic) bond motifs is 1. The Hall–Kier alpha value is -1.54. The second-order valence-electron chi connectivity index (χ2n) is 3.23.